The van der Waals surface area contributed by atoms with Crippen LogP contribution in [0.5, 0.6) is 0 Å². The van der Waals surface area contributed by atoms with Crippen LogP contribution in [0.2, 0.25) is 0 Å². The van der Waals surface area contributed by atoms with Crippen LogP contribution in [0.25, 0.3) is 0 Å². The zero-order valence-electron chi connectivity index (χ0n) is 10.3. The van der Waals surface area contributed by atoms with E-state index in [0.717, 1.165) is 24.8 Å². The van der Waals surface area contributed by atoms with Gasteiger partial charge in [-0.25, -0.2) is 0 Å². The minimum atomic E-state index is 0.687. The molecular formula is C12H22N4. The molecule has 4 nitrogen and oxygen atoms in total. The van der Waals surface area contributed by atoms with Gasteiger partial charge in [-0.05, 0) is 32.1 Å². The minimum absolute atomic E-state index is 0.687. The minimum Gasteiger partial charge on any atom is -0.317 e. The summed E-state index contributed by atoms with van der Waals surface area (Å²) in [5.74, 6) is 1.99. The second-order valence-corrected chi connectivity index (χ2v) is 4.70. The van der Waals surface area contributed by atoms with Gasteiger partial charge in [-0.2, -0.15) is 0 Å². The molecule has 2 rings (SSSR count). The smallest absolute Gasteiger partial charge is 0.146 e. The van der Waals surface area contributed by atoms with Crippen molar-refractivity contribution < 1.29 is 0 Å². The Morgan fingerprint density at radius 3 is 3.00 bits per heavy atom. The number of nitrogens with zero attached hydrogens (tertiary/aromatic N) is 3. The maximum absolute atomic E-state index is 4.14. The van der Waals surface area contributed by atoms with E-state index in [-0.39, 0.29) is 0 Å². The van der Waals surface area contributed by atoms with Crippen LogP contribution >= 0.6 is 0 Å². The highest BCUT2D eigenvalue weighted by atomic mass is 15.3. The lowest BCUT2D eigenvalue weighted by Crippen LogP contribution is -2.27. The van der Waals surface area contributed by atoms with Crippen LogP contribution in [-0.4, -0.2) is 20.8 Å². The lowest BCUT2D eigenvalue weighted by Gasteiger charge is -2.12. The van der Waals surface area contributed by atoms with E-state index in [1.54, 1.807) is 6.33 Å². The quantitative estimate of drug-likeness (QED) is 0.828. The maximum Gasteiger partial charge on any atom is 0.146 e. The lowest BCUT2D eigenvalue weighted by molar-refractivity contribution is 0.466. The summed E-state index contributed by atoms with van der Waals surface area (Å²) in [6.07, 6.45) is 7.16. The van der Waals surface area contributed by atoms with Crippen LogP contribution in [0.3, 0.4) is 0 Å². The van der Waals surface area contributed by atoms with Crippen molar-refractivity contribution in [2.24, 2.45) is 5.92 Å². The topological polar surface area (TPSA) is 42.7 Å². The third-order valence-electron chi connectivity index (χ3n) is 3.70. The van der Waals surface area contributed by atoms with Gasteiger partial charge in [0.2, 0.25) is 0 Å². The van der Waals surface area contributed by atoms with Crippen LogP contribution in [-0.2, 0) is 13.1 Å². The molecule has 1 aliphatic carbocycles. The van der Waals surface area contributed by atoms with Crippen molar-refractivity contribution in [3.8, 4) is 0 Å². The van der Waals surface area contributed by atoms with Crippen molar-refractivity contribution in [3.05, 3.63) is 12.2 Å². The van der Waals surface area contributed by atoms with Crippen LogP contribution in [0.15, 0.2) is 6.33 Å². The molecule has 0 bridgehead atoms. The zero-order chi connectivity index (χ0) is 11.4. The Labute approximate surface area is 97.5 Å². The molecule has 1 aliphatic rings. The van der Waals surface area contributed by atoms with E-state index >= 15 is 0 Å². The van der Waals surface area contributed by atoms with Crippen molar-refractivity contribution in [1.82, 2.24) is 20.1 Å². The summed E-state index contributed by atoms with van der Waals surface area (Å²) < 4.78 is 2.10. The second kappa shape index (κ2) is 5.43. The number of hydrogen-bond donors (Lipinski definition) is 1. The first-order chi connectivity index (χ1) is 7.83. The van der Waals surface area contributed by atoms with Crippen molar-refractivity contribution in [1.29, 1.82) is 0 Å². The molecule has 2 unspecified atom stereocenters. The summed E-state index contributed by atoms with van der Waals surface area (Å²) in [6.45, 7) is 6.22. The molecule has 1 aromatic rings. The van der Waals surface area contributed by atoms with Gasteiger partial charge < -0.3 is 9.88 Å². The zero-order valence-corrected chi connectivity index (χ0v) is 10.3. The first kappa shape index (κ1) is 11.6. The average Bonchev–Trinajstić information content (AvgIpc) is 2.94. The van der Waals surface area contributed by atoms with E-state index in [1.807, 2.05) is 0 Å². The van der Waals surface area contributed by atoms with Gasteiger partial charge in [-0.1, -0.05) is 13.3 Å². The molecule has 1 saturated carbocycles. The van der Waals surface area contributed by atoms with Crippen molar-refractivity contribution in [2.45, 2.75) is 58.7 Å². The summed E-state index contributed by atoms with van der Waals surface area (Å²) in [6, 6.07) is 0.687. The van der Waals surface area contributed by atoms with E-state index in [2.05, 4.69) is 33.9 Å². The highest BCUT2D eigenvalue weighted by Gasteiger charge is 2.22. The molecule has 16 heavy (non-hydrogen) atoms. The third-order valence-corrected chi connectivity index (χ3v) is 3.70. The lowest BCUT2D eigenvalue weighted by atomic mass is 10.1. The Kier molecular flexibility index (Phi) is 3.93. The fraction of sp³-hybridized carbons (Fsp3) is 0.833. The number of nitrogens with one attached hydrogen (secondary N) is 1. The van der Waals surface area contributed by atoms with Gasteiger partial charge in [0.05, 0.1) is 6.54 Å². The predicted molar refractivity (Wildman–Crippen MR) is 64.0 cm³/mol. The normalized spacial score (nSPS) is 25.1. The van der Waals surface area contributed by atoms with Gasteiger partial charge in [0.15, 0.2) is 0 Å². The molecule has 0 amide bonds. The molecular weight excluding hydrogens is 200 g/mol. The van der Waals surface area contributed by atoms with Gasteiger partial charge in [0.1, 0.15) is 12.2 Å². The van der Waals surface area contributed by atoms with E-state index in [1.165, 1.54) is 25.7 Å². The monoisotopic (exact) mass is 222 g/mol. The Morgan fingerprint density at radius 2 is 2.31 bits per heavy atom. The molecule has 4 heteroatoms. The number of aromatic nitrogens is 3. The summed E-state index contributed by atoms with van der Waals surface area (Å²) in [5, 5.41) is 11.7. The fourth-order valence-corrected chi connectivity index (χ4v) is 2.55. The Balaban J connectivity index is 1.80. The molecule has 0 aromatic carbocycles. The van der Waals surface area contributed by atoms with E-state index in [9.17, 15) is 0 Å². The van der Waals surface area contributed by atoms with Gasteiger partial charge in [-0.15, -0.1) is 10.2 Å². The Bertz CT molecular complexity index is 321. The predicted octanol–water partition coefficient (Wildman–Crippen LogP) is 1.97. The summed E-state index contributed by atoms with van der Waals surface area (Å²) in [5.41, 5.74) is 0. The van der Waals surface area contributed by atoms with E-state index < -0.39 is 0 Å². The standard InChI is InChI=1S/C12H22N4/c1-3-10-5-6-11(7-10)13-8-12-15-14-9-16(12)4-2/h9-11,13H,3-8H2,1-2H3. The molecule has 1 heterocycles. The van der Waals surface area contributed by atoms with Crippen LogP contribution in [0.4, 0.5) is 0 Å². The molecule has 0 saturated heterocycles. The van der Waals surface area contributed by atoms with E-state index in [0.29, 0.717) is 6.04 Å². The third kappa shape index (κ3) is 2.61. The molecule has 1 N–H and O–H groups in total. The first-order valence-corrected chi connectivity index (χ1v) is 6.43. The number of hydrogen-bond acceptors (Lipinski definition) is 3. The van der Waals surface area contributed by atoms with Crippen molar-refractivity contribution in [2.75, 3.05) is 0 Å². The molecule has 1 fully saturated rings. The SMILES string of the molecule is CCC1CCC(NCc2nncn2CC)C1. The summed E-state index contributed by atoms with van der Waals surface area (Å²) >= 11 is 0. The number of aryl methyl sites for hydroxylation is 1. The van der Waals surface area contributed by atoms with Crippen LogP contribution in [0, 0.1) is 5.92 Å². The largest absolute Gasteiger partial charge is 0.317 e. The highest BCUT2D eigenvalue weighted by Crippen LogP contribution is 2.27. The molecule has 90 valence electrons. The maximum atomic E-state index is 4.14. The molecule has 0 aliphatic heterocycles. The average molecular weight is 222 g/mol. The molecule has 1 aromatic heterocycles. The fourth-order valence-electron chi connectivity index (χ4n) is 2.55. The second-order valence-electron chi connectivity index (χ2n) is 4.70. The Hall–Kier alpha value is -0.900. The molecule has 2 atom stereocenters. The van der Waals surface area contributed by atoms with E-state index in [4.69, 9.17) is 0 Å². The molecule has 0 spiro atoms. The summed E-state index contributed by atoms with van der Waals surface area (Å²) in [7, 11) is 0. The first-order valence-electron chi connectivity index (χ1n) is 6.43. The Morgan fingerprint density at radius 1 is 1.44 bits per heavy atom. The number of rotatable bonds is 5. The van der Waals surface area contributed by atoms with Gasteiger partial charge >= 0.3 is 0 Å². The van der Waals surface area contributed by atoms with Crippen molar-refractivity contribution >= 4 is 0 Å². The van der Waals surface area contributed by atoms with Crippen LogP contribution in [0.1, 0.15) is 45.4 Å². The summed E-state index contributed by atoms with van der Waals surface area (Å²) in [4.78, 5) is 0. The van der Waals surface area contributed by atoms with Gasteiger partial charge in [-0.3, -0.25) is 0 Å². The highest BCUT2D eigenvalue weighted by molar-refractivity contribution is 4.87. The van der Waals surface area contributed by atoms with Gasteiger partial charge in [0, 0.05) is 12.6 Å². The van der Waals surface area contributed by atoms with Crippen LogP contribution < -0.4 is 5.32 Å². The van der Waals surface area contributed by atoms with Gasteiger partial charge in [0.25, 0.3) is 0 Å². The molecule has 0 radical (unpaired) electrons. The van der Waals surface area contributed by atoms with Crippen molar-refractivity contribution in [3.63, 3.8) is 0 Å².